The van der Waals surface area contributed by atoms with Crippen LogP contribution in [0.2, 0.25) is 0 Å². The maximum atomic E-state index is 12.9. The lowest BCUT2D eigenvalue weighted by Crippen LogP contribution is -2.32. The largest absolute Gasteiger partial charge is 0.504 e. The fraction of sp³-hybridized carbons (Fsp3) is 0.273. The number of phenolic OH excluding ortho intramolecular Hbond substituents is 1. The number of hydrogen-bond acceptors (Lipinski definition) is 4. The third kappa shape index (κ3) is 3.33. The molecule has 0 saturated heterocycles. The predicted molar refractivity (Wildman–Crippen MR) is 106 cm³/mol. The third-order valence-electron chi connectivity index (χ3n) is 5.09. The van der Waals surface area contributed by atoms with Crippen molar-refractivity contribution in [2.45, 2.75) is 26.8 Å². The number of carbonyl (C=O) groups excluding carboxylic acids is 1. The molecule has 1 aliphatic heterocycles. The number of nitrogens with zero attached hydrogens (tertiary/aromatic N) is 2. The van der Waals surface area contributed by atoms with Crippen LogP contribution in [0.4, 0.5) is 0 Å². The summed E-state index contributed by atoms with van der Waals surface area (Å²) in [7, 11) is 0. The van der Waals surface area contributed by atoms with Gasteiger partial charge in [0.25, 0.3) is 5.91 Å². The number of phenols is 1. The van der Waals surface area contributed by atoms with Crippen LogP contribution >= 0.6 is 0 Å². The van der Waals surface area contributed by atoms with Crippen LogP contribution in [0.5, 0.6) is 11.5 Å². The maximum absolute atomic E-state index is 12.9. The number of fused-ring (bicyclic) bond motifs is 1. The van der Waals surface area contributed by atoms with Crippen molar-refractivity contribution < 1.29 is 14.6 Å². The van der Waals surface area contributed by atoms with E-state index < -0.39 is 0 Å². The van der Waals surface area contributed by atoms with E-state index in [4.69, 9.17) is 4.74 Å². The van der Waals surface area contributed by atoms with Crippen molar-refractivity contribution in [3.05, 3.63) is 65.0 Å². The molecule has 1 aromatic heterocycles. The van der Waals surface area contributed by atoms with E-state index >= 15 is 0 Å². The summed E-state index contributed by atoms with van der Waals surface area (Å²) in [5, 5.41) is 17.6. The number of aryl methyl sites for hydroxylation is 2. The number of benzene rings is 2. The minimum atomic E-state index is -0.145. The van der Waals surface area contributed by atoms with Crippen LogP contribution in [0.3, 0.4) is 0 Å². The van der Waals surface area contributed by atoms with Gasteiger partial charge in [-0.3, -0.25) is 9.89 Å². The molecule has 0 fully saturated rings. The zero-order valence-electron chi connectivity index (χ0n) is 16.0. The van der Waals surface area contributed by atoms with Gasteiger partial charge in [-0.1, -0.05) is 31.2 Å². The van der Waals surface area contributed by atoms with Gasteiger partial charge in [0, 0.05) is 17.8 Å². The van der Waals surface area contributed by atoms with E-state index in [0.717, 1.165) is 34.4 Å². The molecule has 6 nitrogen and oxygen atoms in total. The highest BCUT2D eigenvalue weighted by Gasteiger charge is 2.25. The first kappa shape index (κ1) is 18.1. The number of aromatic nitrogens is 2. The van der Waals surface area contributed by atoms with Gasteiger partial charge in [-0.05, 0) is 48.2 Å². The number of H-pyrrole nitrogens is 1. The SMILES string of the molecule is CCc1cc(C(=O)N2CCOc3c(O)cc(-c4ccccc4C)cc3C2)n[nH]1. The minimum Gasteiger partial charge on any atom is -0.504 e. The van der Waals surface area contributed by atoms with Gasteiger partial charge in [-0.15, -0.1) is 0 Å². The van der Waals surface area contributed by atoms with Gasteiger partial charge in [-0.2, -0.15) is 5.10 Å². The first-order valence-corrected chi connectivity index (χ1v) is 9.45. The summed E-state index contributed by atoms with van der Waals surface area (Å²) in [5.41, 5.74) is 5.18. The highest BCUT2D eigenvalue weighted by molar-refractivity contribution is 5.92. The molecule has 0 saturated carbocycles. The molecule has 0 aliphatic carbocycles. The fourth-order valence-electron chi connectivity index (χ4n) is 3.54. The summed E-state index contributed by atoms with van der Waals surface area (Å²) in [6.45, 7) is 5.15. The van der Waals surface area contributed by atoms with Gasteiger partial charge < -0.3 is 14.7 Å². The number of amides is 1. The van der Waals surface area contributed by atoms with Gasteiger partial charge in [-0.25, -0.2) is 0 Å². The van der Waals surface area contributed by atoms with E-state index in [1.165, 1.54) is 0 Å². The van der Waals surface area contributed by atoms with Crippen LogP contribution in [-0.2, 0) is 13.0 Å². The van der Waals surface area contributed by atoms with Crippen molar-refractivity contribution in [2.75, 3.05) is 13.2 Å². The summed E-state index contributed by atoms with van der Waals surface area (Å²) >= 11 is 0. The lowest BCUT2D eigenvalue weighted by molar-refractivity contribution is 0.0727. The first-order chi connectivity index (χ1) is 13.6. The van der Waals surface area contributed by atoms with E-state index in [9.17, 15) is 9.90 Å². The Balaban J connectivity index is 1.68. The molecule has 2 aromatic carbocycles. The fourth-order valence-corrected chi connectivity index (χ4v) is 3.54. The Hall–Kier alpha value is -3.28. The smallest absolute Gasteiger partial charge is 0.274 e. The minimum absolute atomic E-state index is 0.0955. The molecule has 144 valence electrons. The molecule has 28 heavy (non-hydrogen) atoms. The number of carbonyl (C=O) groups is 1. The average Bonchev–Trinajstić information content (AvgIpc) is 3.07. The van der Waals surface area contributed by atoms with Gasteiger partial charge in [0.2, 0.25) is 0 Å². The lowest BCUT2D eigenvalue weighted by atomic mass is 9.98. The van der Waals surface area contributed by atoms with Crippen LogP contribution in [0, 0.1) is 6.92 Å². The van der Waals surface area contributed by atoms with Crippen molar-refractivity contribution >= 4 is 5.91 Å². The monoisotopic (exact) mass is 377 g/mol. The van der Waals surface area contributed by atoms with E-state index in [1.807, 2.05) is 44.2 Å². The molecular formula is C22H23N3O3. The standard InChI is InChI=1S/C22H23N3O3/c1-3-17-12-19(24-23-17)22(27)25-8-9-28-21-16(13-25)10-15(11-20(21)26)18-7-5-4-6-14(18)2/h4-7,10-12,26H,3,8-9,13H2,1-2H3,(H,23,24). The van der Waals surface area contributed by atoms with E-state index in [1.54, 1.807) is 17.0 Å². The Morgan fingerprint density at radius 1 is 1.29 bits per heavy atom. The van der Waals surface area contributed by atoms with Crippen LogP contribution < -0.4 is 4.74 Å². The Kier molecular flexibility index (Phi) is 4.77. The number of ether oxygens (including phenoxy) is 1. The molecule has 3 aromatic rings. The first-order valence-electron chi connectivity index (χ1n) is 9.45. The number of aromatic amines is 1. The topological polar surface area (TPSA) is 78.5 Å². The second-order valence-electron chi connectivity index (χ2n) is 7.01. The van der Waals surface area contributed by atoms with E-state index in [0.29, 0.717) is 31.1 Å². The zero-order chi connectivity index (χ0) is 19.7. The second kappa shape index (κ2) is 7.38. The molecule has 0 bridgehead atoms. The Morgan fingerprint density at radius 2 is 2.11 bits per heavy atom. The Labute approximate surface area is 163 Å². The Morgan fingerprint density at radius 3 is 2.86 bits per heavy atom. The predicted octanol–water partition coefficient (Wildman–Crippen LogP) is 3.69. The zero-order valence-corrected chi connectivity index (χ0v) is 16.0. The van der Waals surface area contributed by atoms with Crippen molar-refractivity contribution in [1.82, 2.24) is 15.1 Å². The summed E-state index contributed by atoms with van der Waals surface area (Å²) in [5.74, 6) is 0.398. The molecule has 2 heterocycles. The summed E-state index contributed by atoms with van der Waals surface area (Å²) in [6.07, 6.45) is 0.792. The van der Waals surface area contributed by atoms with Crippen LogP contribution in [0.15, 0.2) is 42.5 Å². The summed E-state index contributed by atoms with van der Waals surface area (Å²) in [6, 6.07) is 13.5. The Bertz CT molecular complexity index is 1030. The highest BCUT2D eigenvalue weighted by atomic mass is 16.5. The highest BCUT2D eigenvalue weighted by Crippen LogP contribution is 2.38. The average molecular weight is 377 g/mol. The number of nitrogens with one attached hydrogen (secondary N) is 1. The molecule has 1 aliphatic rings. The van der Waals surface area contributed by atoms with Crippen molar-refractivity contribution in [3.8, 4) is 22.6 Å². The second-order valence-corrected chi connectivity index (χ2v) is 7.01. The molecular weight excluding hydrogens is 354 g/mol. The van der Waals surface area contributed by atoms with Crippen LogP contribution in [0.1, 0.15) is 34.2 Å². The summed E-state index contributed by atoms with van der Waals surface area (Å²) < 4.78 is 5.77. The van der Waals surface area contributed by atoms with E-state index in [2.05, 4.69) is 10.2 Å². The normalized spacial score (nSPS) is 13.6. The van der Waals surface area contributed by atoms with Crippen molar-refractivity contribution in [1.29, 1.82) is 0 Å². The quantitative estimate of drug-likeness (QED) is 0.730. The van der Waals surface area contributed by atoms with Gasteiger partial charge in [0.15, 0.2) is 11.5 Å². The molecule has 0 unspecified atom stereocenters. The van der Waals surface area contributed by atoms with Gasteiger partial charge >= 0.3 is 0 Å². The number of hydrogen-bond donors (Lipinski definition) is 2. The lowest BCUT2D eigenvalue weighted by Gasteiger charge is -2.19. The van der Waals surface area contributed by atoms with Crippen LogP contribution in [-0.4, -0.2) is 39.3 Å². The molecule has 4 rings (SSSR count). The summed E-state index contributed by atoms with van der Waals surface area (Å²) in [4.78, 5) is 14.6. The van der Waals surface area contributed by atoms with Gasteiger partial charge in [0.05, 0.1) is 6.54 Å². The molecule has 6 heteroatoms. The molecule has 0 atom stereocenters. The van der Waals surface area contributed by atoms with Crippen molar-refractivity contribution in [3.63, 3.8) is 0 Å². The van der Waals surface area contributed by atoms with E-state index in [-0.39, 0.29) is 11.7 Å². The van der Waals surface area contributed by atoms with Crippen molar-refractivity contribution in [2.24, 2.45) is 0 Å². The number of rotatable bonds is 3. The molecule has 0 radical (unpaired) electrons. The van der Waals surface area contributed by atoms with Crippen LogP contribution in [0.25, 0.3) is 11.1 Å². The molecule has 1 amide bonds. The third-order valence-corrected chi connectivity index (χ3v) is 5.09. The molecule has 0 spiro atoms. The number of aromatic hydroxyl groups is 1. The maximum Gasteiger partial charge on any atom is 0.274 e. The molecule has 2 N–H and O–H groups in total. The van der Waals surface area contributed by atoms with Gasteiger partial charge in [0.1, 0.15) is 12.3 Å².